The summed E-state index contributed by atoms with van der Waals surface area (Å²) in [6, 6.07) is 8.36. The molecule has 0 radical (unpaired) electrons. The molecule has 130 valence electrons. The van der Waals surface area contributed by atoms with Crippen LogP contribution in [0.1, 0.15) is 31.4 Å². The summed E-state index contributed by atoms with van der Waals surface area (Å²) < 4.78 is 1.87. The van der Waals surface area contributed by atoms with E-state index in [4.69, 9.17) is 4.98 Å². The van der Waals surface area contributed by atoms with E-state index in [1.54, 1.807) is 18.0 Å². The van der Waals surface area contributed by atoms with Crippen molar-refractivity contribution in [2.45, 2.75) is 43.4 Å². The molecule has 0 bridgehead atoms. The number of aliphatic hydroxyl groups is 1. The minimum absolute atomic E-state index is 0.125. The first-order valence-corrected chi connectivity index (χ1v) is 9.78. The lowest BCUT2D eigenvalue weighted by atomic mass is 10.1. The second-order valence-electron chi connectivity index (χ2n) is 6.24. The molecule has 0 aliphatic heterocycles. The number of nitrogens with zero attached hydrogens (tertiary/aromatic N) is 4. The summed E-state index contributed by atoms with van der Waals surface area (Å²) in [5, 5.41) is 18.8. The van der Waals surface area contributed by atoms with Crippen molar-refractivity contribution in [2.75, 3.05) is 11.6 Å². The van der Waals surface area contributed by atoms with E-state index in [2.05, 4.69) is 15.4 Å². The van der Waals surface area contributed by atoms with E-state index >= 15 is 0 Å². The smallest absolute Gasteiger partial charge is 0.223 e. The summed E-state index contributed by atoms with van der Waals surface area (Å²) in [5.41, 5.74) is 3.23. The molecule has 3 aromatic heterocycles. The summed E-state index contributed by atoms with van der Waals surface area (Å²) in [4.78, 5) is 9.07. The van der Waals surface area contributed by atoms with Crippen molar-refractivity contribution in [1.29, 1.82) is 0 Å². The van der Waals surface area contributed by atoms with Gasteiger partial charge in [-0.1, -0.05) is 18.9 Å². The van der Waals surface area contributed by atoms with Crippen LogP contribution in [-0.4, -0.2) is 37.0 Å². The Morgan fingerprint density at radius 3 is 2.88 bits per heavy atom. The van der Waals surface area contributed by atoms with Crippen molar-refractivity contribution in [2.24, 2.45) is 0 Å². The lowest BCUT2D eigenvalue weighted by Crippen LogP contribution is -2.16. The molecule has 0 saturated heterocycles. The molecule has 0 aromatic carbocycles. The number of hydrogen-bond acceptors (Lipinski definition) is 6. The first-order valence-electron chi connectivity index (χ1n) is 8.55. The highest BCUT2D eigenvalue weighted by molar-refractivity contribution is 7.98. The van der Waals surface area contributed by atoms with Gasteiger partial charge in [0.1, 0.15) is 0 Å². The van der Waals surface area contributed by atoms with Gasteiger partial charge in [0.05, 0.1) is 34.1 Å². The van der Waals surface area contributed by atoms with Gasteiger partial charge in [-0.05, 0) is 37.3 Å². The number of pyridine rings is 1. The highest BCUT2D eigenvalue weighted by Crippen LogP contribution is 2.30. The molecule has 1 aliphatic rings. The van der Waals surface area contributed by atoms with Crippen LogP contribution in [0.4, 0.5) is 5.95 Å². The van der Waals surface area contributed by atoms with Crippen molar-refractivity contribution in [3.05, 3.63) is 36.2 Å². The van der Waals surface area contributed by atoms with Crippen LogP contribution in [0.2, 0.25) is 0 Å². The Hall–Kier alpha value is -2.12. The summed E-state index contributed by atoms with van der Waals surface area (Å²) in [5.74, 6) is 0.647. The molecule has 2 N–H and O–H groups in total. The SMILES string of the molecule is CSc1cccc2c(-c3ccnc(NC4CCCC4)n3)c(CO)nn12. The van der Waals surface area contributed by atoms with Gasteiger partial charge in [0.2, 0.25) is 5.95 Å². The van der Waals surface area contributed by atoms with Gasteiger partial charge < -0.3 is 10.4 Å². The first kappa shape index (κ1) is 16.4. The number of anilines is 1. The van der Waals surface area contributed by atoms with Gasteiger partial charge in [-0.25, -0.2) is 14.5 Å². The van der Waals surface area contributed by atoms with E-state index in [0.29, 0.717) is 17.7 Å². The van der Waals surface area contributed by atoms with E-state index in [9.17, 15) is 5.11 Å². The van der Waals surface area contributed by atoms with E-state index < -0.39 is 0 Å². The van der Waals surface area contributed by atoms with Crippen molar-refractivity contribution in [1.82, 2.24) is 19.6 Å². The van der Waals surface area contributed by atoms with Crippen LogP contribution in [0.3, 0.4) is 0 Å². The second-order valence-corrected chi connectivity index (χ2v) is 7.06. The molecule has 4 rings (SSSR count). The minimum atomic E-state index is -0.125. The molecule has 0 amide bonds. The molecule has 0 spiro atoms. The third-order valence-corrected chi connectivity index (χ3v) is 5.38. The number of aromatic nitrogens is 4. The second kappa shape index (κ2) is 7.01. The van der Waals surface area contributed by atoms with Crippen molar-refractivity contribution in [3.63, 3.8) is 0 Å². The number of fused-ring (bicyclic) bond motifs is 1. The van der Waals surface area contributed by atoms with Crippen LogP contribution in [0.5, 0.6) is 0 Å². The molecule has 3 aromatic rings. The molecular weight excluding hydrogens is 334 g/mol. The molecule has 0 unspecified atom stereocenters. The van der Waals surface area contributed by atoms with Crippen LogP contribution >= 0.6 is 11.8 Å². The van der Waals surface area contributed by atoms with E-state index in [1.165, 1.54) is 25.7 Å². The Kier molecular flexibility index (Phi) is 4.59. The molecule has 1 aliphatic carbocycles. The lowest BCUT2D eigenvalue weighted by Gasteiger charge is -2.12. The molecule has 1 fully saturated rings. The summed E-state index contributed by atoms with van der Waals surface area (Å²) >= 11 is 1.62. The Morgan fingerprint density at radius 2 is 2.12 bits per heavy atom. The topological polar surface area (TPSA) is 75.3 Å². The van der Waals surface area contributed by atoms with Gasteiger partial charge >= 0.3 is 0 Å². The van der Waals surface area contributed by atoms with Gasteiger partial charge in [0, 0.05) is 12.2 Å². The first-order chi connectivity index (χ1) is 12.3. The van der Waals surface area contributed by atoms with Crippen LogP contribution in [0.15, 0.2) is 35.5 Å². The highest BCUT2D eigenvalue weighted by Gasteiger charge is 2.19. The van der Waals surface area contributed by atoms with Gasteiger partial charge in [-0.3, -0.25) is 0 Å². The fraction of sp³-hybridized carbons (Fsp3) is 0.389. The standard InChI is InChI=1S/C18H21N5OS/c1-25-16-8-4-7-15-17(14(11-24)22-23(15)16)13-9-10-19-18(21-13)20-12-5-2-3-6-12/h4,7-10,12,24H,2-3,5-6,11H2,1H3,(H,19,20,21). The Morgan fingerprint density at radius 1 is 1.28 bits per heavy atom. The monoisotopic (exact) mass is 355 g/mol. The van der Waals surface area contributed by atoms with Gasteiger partial charge in [-0.2, -0.15) is 5.10 Å². The largest absolute Gasteiger partial charge is 0.390 e. The third kappa shape index (κ3) is 3.09. The van der Waals surface area contributed by atoms with Crippen LogP contribution in [0, 0.1) is 0 Å². The van der Waals surface area contributed by atoms with Crippen LogP contribution in [0.25, 0.3) is 16.8 Å². The lowest BCUT2D eigenvalue weighted by molar-refractivity contribution is 0.276. The van der Waals surface area contributed by atoms with Gasteiger partial charge in [-0.15, -0.1) is 11.8 Å². The minimum Gasteiger partial charge on any atom is -0.390 e. The molecule has 1 saturated carbocycles. The molecule has 7 heteroatoms. The number of thioether (sulfide) groups is 1. The van der Waals surface area contributed by atoms with Crippen molar-refractivity contribution >= 4 is 23.2 Å². The number of nitrogens with one attached hydrogen (secondary N) is 1. The van der Waals surface area contributed by atoms with E-state index in [-0.39, 0.29) is 6.61 Å². The summed E-state index contributed by atoms with van der Waals surface area (Å²) in [6.07, 6.45) is 8.65. The highest BCUT2D eigenvalue weighted by atomic mass is 32.2. The van der Waals surface area contributed by atoms with Gasteiger partial charge in [0.15, 0.2) is 0 Å². The fourth-order valence-corrected chi connectivity index (χ4v) is 3.98. The predicted octanol–water partition coefficient (Wildman–Crippen LogP) is 3.36. The quantitative estimate of drug-likeness (QED) is 0.684. The van der Waals surface area contributed by atoms with E-state index in [1.807, 2.05) is 35.0 Å². The number of aliphatic hydroxyl groups excluding tert-OH is 1. The average molecular weight is 355 g/mol. The van der Waals surface area contributed by atoms with Crippen molar-refractivity contribution < 1.29 is 5.11 Å². The van der Waals surface area contributed by atoms with Crippen LogP contribution in [-0.2, 0) is 6.61 Å². The van der Waals surface area contributed by atoms with Crippen molar-refractivity contribution in [3.8, 4) is 11.3 Å². The summed E-state index contributed by atoms with van der Waals surface area (Å²) in [6.45, 7) is -0.125. The zero-order valence-electron chi connectivity index (χ0n) is 14.1. The average Bonchev–Trinajstić information content (AvgIpc) is 3.28. The zero-order valence-corrected chi connectivity index (χ0v) is 15.0. The predicted molar refractivity (Wildman–Crippen MR) is 99.8 cm³/mol. The fourth-order valence-electron chi connectivity index (χ4n) is 3.46. The normalized spacial score (nSPS) is 15.1. The maximum absolute atomic E-state index is 9.80. The number of hydrogen-bond donors (Lipinski definition) is 2. The molecule has 6 nitrogen and oxygen atoms in total. The third-order valence-electron chi connectivity index (χ3n) is 4.65. The summed E-state index contributed by atoms with van der Waals surface area (Å²) in [7, 11) is 0. The van der Waals surface area contributed by atoms with Gasteiger partial charge in [0.25, 0.3) is 0 Å². The molecule has 0 atom stereocenters. The zero-order chi connectivity index (χ0) is 17.2. The van der Waals surface area contributed by atoms with E-state index in [0.717, 1.165) is 21.8 Å². The molecule has 25 heavy (non-hydrogen) atoms. The Balaban J connectivity index is 1.78. The molecule has 3 heterocycles. The number of rotatable bonds is 5. The maximum atomic E-state index is 9.80. The molecular formula is C18H21N5OS. The van der Waals surface area contributed by atoms with Crippen LogP contribution < -0.4 is 5.32 Å². The maximum Gasteiger partial charge on any atom is 0.223 e. The Labute approximate surface area is 150 Å². The Bertz CT molecular complexity index is 888.